The first-order valence-corrected chi connectivity index (χ1v) is 6.63. The van der Waals surface area contributed by atoms with E-state index in [9.17, 15) is 0 Å². The summed E-state index contributed by atoms with van der Waals surface area (Å²) in [6, 6.07) is 2.08. The van der Waals surface area contributed by atoms with Crippen LogP contribution in [0.2, 0.25) is 0 Å². The third-order valence-corrected chi connectivity index (χ3v) is 2.90. The lowest BCUT2D eigenvalue weighted by Gasteiger charge is -2.21. The Hall–Kier alpha value is -1.20. The Morgan fingerprint density at radius 2 is 2.17 bits per heavy atom. The number of pyridine rings is 1. The fourth-order valence-corrected chi connectivity index (χ4v) is 1.96. The van der Waals surface area contributed by atoms with Gasteiger partial charge in [-0.05, 0) is 42.8 Å². The fourth-order valence-electron chi connectivity index (χ4n) is 1.58. The highest BCUT2D eigenvalue weighted by atomic mass is 79.9. The first kappa shape index (κ1) is 13.2. The van der Waals surface area contributed by atoms with Gasteiger partial charge in [-0.15, -0.1) is 0 Å². The normalized spacial score (nSPS) is 11.8. The molecular weight excluding hydrogens is 292 g/mol. The van der Waals surface area contributed by atoms with Crippen LogP contribution in [0.25, 0.3) is 5.82 Å². The van der Waals surface area contributed by atoms with Crippen molar-refractivity contribution in [1.29, 1.82) is 0 Å². The lowest BCUT2D eigenvalue weighted by atomic mass is 10.1. The molecule has 0 radical (unpaired) electrons. The minimum absolute atomic E-state index is 0.0779. The van der Waals surface area contributed by atoms with Gasteiger partial charge in [-0.1, -0.05) is 0 Å². The van der Waals surface area contributed by atoms with E-state index in [0.717, 1.165) is 22.4 Å². The van der Waals surface area contributed by atoms with E-state index in [1.165, 1.54) is 0 Å². The topological polar surface area (TPSA) is 42.7 Å². The lowest BCUT2D eigenvalue weighted by Crippen LogP contribution is -2.35. The van der Waals surface area contributed by atoms with Gasteiger partial charge in [0.25, 0.3) is 0 Å². The maximum atomic E-state index is 4.46. The lowest BCUT2D eigenvalue weighted by molar-refractivity contribution is 0.423. The van der Waals surface area contributed by atoms with Crippen LogP contribution in [0.3, 0.4) is 0 Å². The molecule has 2 aromatic rings. The Morgan fingerprint density at radius 3 is 2.78 bits per heavy atom. The minimum atomic E-state index is 0.0779. The second-order valence-electron chi connectivity index (χ2n) is 5.21. The molecule has 2 rings (SSSR count). The Balaban J connectivity index is 2.30. The van der Waals surface area contributed by atoms with Crippen LogP contribution in [0.4, 0.5) is 0 Å². The van der Waals surface area contributed by atoms with Crippen LogP contribution in [0, 0.1) is 0 Å². The van der Waals surface area contributed by atoms with E-state index in [1.807, 2.05) is 10.8 Å². The average molecular weight is 309 g/mol. The van der Waals surface area contributed by atoms with Crippen molar-refractivity contribution in [2.75, 3.05) is 0 Å². The smallest absolute Gasteiger partial charge is 0.142 e. The first-order chi connectivity index (χ1) is 8.46. The van der Waals surface area contributed by atoms with Gasteiger partial charge in [0, 0.05) is 40.7 Å². The molecule has 0 aliphatic carbocycles. The van der Waals surface area contributed by atoms with E-state index >= 15 is 0 Å². The number of halogens is 1. The number of imidazole rings is 1. The minimum Gasteiger partial charge on any atom is -0.308 e. The quantitative estimate of drug-likeness (QED) is 0.948. The zero-order chi connectivity index (χ0) is 13.2. The molecule has 2 aromatic heterocycles. The summed E-state index contributed by atoms with van der Waals surface area (Å²) < 4.78 is 2.91. The van der Waals surface area contributed by atoms with Crippen molar-refractivity contribution in [3.63, 3.8) is 0 Å². The van der Waals surface area contributed by atoms with E-state index in [1.54, 1.807) is 18.7 Å². The van der Waals surface area contributed by atoms with Gasteiger partial charge >= 0.3 is 0 Å². The van der Waals surface area contributed by atoms with Crippen molar-refractivity contribution in [1.82, 2.24) is 19.9 Å². The molecule has 0 aliphatic rings. The summed E-state index contributed by atoms with van der Waals surface area (Å²) >= 11 is 3.46. The highest BCUT2D eigenvalue weighted by Gasteiger charge is 2.12. The second kappa shape index (κ2) is 5.20. The van der Waals surface area contributed by atoms with Crippen LogP contribution in [-0.2, 0) is 6.54 Å². The molecule has 0 unspecified atom stereocenters. The number of rotatable bonds is 3. The van der Waals surface area contributed by atoms with Gasteiger partial charge in [0.15, 0.2) is 0 Å². The SMILES string of the molecule is CC(C)(C)NCc1cc(Br)cnc1-n1ccnc1. The molecule has 2 heterocycles. The maximum Gasteiger partial charge on any atom is 0.142 e. The predicted molar refractivity (Wildman–Crippen MR) is 75.7 cm³/mol. The van der Waals surface area contributed by atoms with Crippen molar-refractivity contribution in [2.24, 2.45) is 0 Å². The molecule has 0 atom stereocenters. The van der Waals surface area contributed by atoms with Crippen molar-refractivity contribution in [3.05, 3.63) is 41.0 Å². The Bertz CT molecular complexity index is 514. The number of aromatic nitrogens is 3. The van der Waals surface area contributed by atoms with E-state index < -0.39 is 0 Å². The average Bonchev–Trinajstić information content (AvgIpc) is 2.79. The number of nitrogens with zero attached hydrogens (tertiary/aromatic N) is 3. The summed E-state index contributed by atoms with van der Waals surface area (Å²) in [7, 11) is 0. The molecule has 1 N–H and O–H groups in total. The molecule has 0 fully saturated rings. The van der Waals surface area contributed by atoms with Gasteiger partial charge < -0.3 is 5.32 Å². The van der Waals surface area contributed by atoms with Crippen LogP contribution in [-0.4, -0.2) is 20.1 Å². The summed E-state index contributed by atoms with van der Waals surface area (Å²) in [5, 5.41) is 3.47. The molecule has 18 heavy (non-hydrogen) atoms. The van der Waals surface area contributed by atoms with Gasteiger partial charge in [0.05, 0.1) is 0 Å². The zero-order valence-corrected chi connectivity index (χ0v) is 12.4. The van der Waals surface area contributed by atoms with Crippen molar-refractivity contribution in [2.45, 2.75) is 32.9 Å². The van der Waals surface area contributed by atoms with Crippen LogP contribution >= 0.6 is 15.9 Å². The molecule has 0 saturated carbocycles. The molecule has 4 nitrogen and oxygen atoms in total. The van der Waals surface area contributed by atoms with Crippen LogP contribution in [0.5, 0.6) is 0 Å². The highest BCUT2D eigenvalue weighted by Crippen LogP contribution is 2.18. The van der Waals surface area contributed by atoms with E-state index in [-0.39, 0.29) is 5.54 Å². The molecule has 0 aliphatic heterocycles. The van der Waals surface area contributed by atoms with E-state index in [2.05, 4.69) is 58.1 Å². The Labute approximate surface area is 116 Å². The Kier molecular flexibility index (Phi) is 3.82. The molecular formula is C13H17BrN4. The standard InChI is InChI=1S/C13H17BrN4/c1-13(2,3)17-7-10-6-11(14)8-16-12(10)18-5-4-15-9-18/h4-6,8-9,17H,7H2,1-3H3. The molecule has 0 spiro atoms. The molecule has 0 amide bonds. The van der Waals surface area contributed by atoms with E-state index in [0.29, 0.717) is 0 Å². The second-order valence-corrected chi connectivity index (χ2v) is 6.13. The summed E-state index contributed by atoms with van der Waals surface area (Å²) in [6.45, 7) is 7.21. The molecule has 0 saturated heterocycles. The number of hydrogen-bond acceptors (Lipinski definition) is 3. The van der Waals surface area contributed by atoms with Gasteiger partial charge in [-0.3, -0.25) is 4.57 Å². The summed E-state index contributed by atoms with van der Waals surface area (Å²) in [5.74, 6) is 0.910. The van der Waals surface area contributed by atoms with Crippen LogP contribution in [0.1, 0.15) is 26.3 Å². The van der Waals surface area contributed by atoms with Gasteiger partial charge in [0.1, 0.15) is 12.1 Å². The maximum absolute atomic E-state index is 4.46. The third-order valence-electron chi connectivity index (χ3n) is 2.47. The molecule has 0 bridgehead atoms. The van der Waals surface area contributed by atoms with Crippen LogP contribution < -0.4 is 5.32 Å². The van der Waals surface area contributed by atoms with Gasteiger partial charge in [0.2, 0.25) is 0 Å². The van der Waals surface area contributed by atoms with Crippen molar-refractivity contribution >= 4 is 15.9 Å². The summed E-state index contributed by atoms with van der Waals surface area (Å²) in [6.07, 6.45) is 7.22. The van der Waals surface area contributed by atoms with Crippen LogP contribution in [0.15, 0.2) is 35.5 Å². The Morgan fingerprint density at radius 1 is 1.39 bits per heavy atom. The third kappa shape index (κ3) is 3.40. The highest BCUT2D eigenvalue weighted by molar-refractivity contribution is 9.10. The van der Waals surface area contributed by atoms with Gasteiger partial charge in [-0.2, -0.15) is 0 Å². The van der Waals surface area contributed by atoms with Gasteiger partial charge in [-0.25, -0.2) is 9.97 Å². The fraction of sp³-hybridized carbons (Fsp3) is 0.385. The first-order valence-electron chi connectivity index (χ1n) is 5.83. The van der Waals surface area contributed by atoms with Crippen molar-refractivity contribution < 1.29 is 0 Å². The molecule has 96 valence electrons. The number of hydrogen-bond donors (Lipinski definition) is 1. The van der Waals surface area contributed by atoms with Crippen molar-refractivity contribution in [3.8, 4) is 5.82 Å². The summed E-state index contributed by atoms with van der Waals surface area (Å²) in [4.78, 5) is 8.52. The monoisotopic (exact) mass is 308 g/mol. The zero-order valence-electron chi connectivity index (χ0n) is 10.8. The number of nitrogens with one attached hydrogen (secondary N) is 1. The van der Waals surface area contributed by atoms with E-state index in [4.69, 9.17) is 0 Å². The molecule has 5 heteroatoms. The molecule has 0 aromatic carbocycles. The predicted octanol–water partition coefficient (Wildman–Crippen LogP) is 2.92. The largest absolute Gasteiger partial charge is 0.308 e. The summed E-state index contributed by atoms with van der Waals surface area (Å²) in [5.41, 5.74) is 1.21.